The molecule has 24 nitrogen and oxygen atoms in total. The molecular formula is C53H86O24. The van der Waals surface area contributed by atoms with Gasteiger partial charge < -0.3 is 114 Å². The van der Waals surface area contributed by atoms with Crippen molar-refractivity contribution in [3.05, 3.63) is 23.8 Å². The third kappa shape index (κ3) is 11.9. The zero-order valence-electron chi connectivity index (χ0n) is 44.6. The van der Waals surface area contributed by atoms with E-state index in [4.69, 9.17) is 42.6 Å². The van der Waals surface area contributed by atoms with E-state index in [1.54, 1.807) is 0 Å². The summed E-state index contributed by atoms with van der Waals surface area (Å²) in [6, 6.07) is 0. The molecule has 8 aliphatic rings. The molecule has 0 radical (unpaired) electrons. The van der Waals surface area contributed by atoms with Gasteiger partial charge in [0.2, 0.25) is 0 Å². The first-order chi connectivity index (χ1) is 36.4. The fourth-order valence-electron chi connectivity index (χ4n) is 14.2. The van der Waals surface area contributed by atoms with Crippen molar-refractivity contribution in [3.63, 3.8) is 0 Å². The van der Waals surface area contributed by atoms with E-state index in [9.17, 15) is 76.3 Å². The molecule has 77 heavy (non-hydrogen) atoms. The summed E-state index contributed by atoms with van der Waals surface area (Å²) in [5.74, 6) is 0.0546. The first-order valence-electron chi connectivity index (χ1n) is 27.4. The monoisotopic (exact) mass is 1110 g/mol. The number of rotatable bonds is 17. The van der Waals surface area contributed by atoms with Crippen LogP contribution in [0.1, 0.15) is 80.1 Å². The molecule has 30 unspecified atom stereocenters. The number of fused-ring (bicyclic) bond motifs is 5. The molecule has 0 bridgehead atoms. The Kier molecular flexibility index (Phi) is 19.8. The average Bonchev–Trinajstić information content (AvgIpc) is 3.83. The second-order valence-corrected chi connectivity index (χ2v) is 23.8. The molecule has 8 rings (SSSR count). The number of carbonyl (C=O) groups is 1. The third-order valence-corrected chi connectivity index (χ3v) is 19.0. The summed E-state index contributed by atoms with van der Waals surface area (Å²) >= 11 is 0. The molecule has 4 heterocycles. The van der Waals surface area contributed by atoms with Crippen LogP contribution >= 0.6 is 0 Å². The number of carbonyl (C=O) groups excluding carboxylic acids is 1. The first-order valence-corrected chi connectivity index (χ1v) is 27.4. The molecule has 442 valence electrons. The number of aliphatic hydroxyl groups excluding tert-OH is 14. The van der Waals surface area contributed by atoms with E-state index < -0.39 is 173 Å². The minimum atomic E-state index is -2.01. The summed E-state index contributed by atoms with van der Waals surface area (Å²) < 4.78 is 53.7. The van der Waals surface area contributed by atoms with Crippen LogP contribution in [0.15, 0.2) is 23.8 Å². The van der Waals surface area contributed by atoms with Crippen LogP contribution in [0.5, 0.6) is 0 Å². The Balaban J connectivity index is 1.07. The Labute approximate surface area is 448 Å². The largest absolute Gasteiger partial charge is 0.463 e. The van der Waals surface area contributed by atoms with Gasteiger partial charge in [-0.2, -0.15) is 0 Å². The van der Waals surface area contributed by atoms with E-state index in [1.807, 2.05) is 6.08 Å². The van der Waals surface area contributed by atoms with Gasteiger partial charge in [-0.3, -0.25) is 4.79 Å². The van der Waals surface area contributed by atoms with Gasteiger partial charge in [0.1, 0.15) is 104 Å². The number of allylic oxidation sites excluding steroid dienone is 2. The summed E-state index contributed by atoms with van der Waals surface area (Å²) in [6.45, 7) is 9.01. The van der Waals surface area contributed by atoms with E-state index in [1.165, 1.54) is 0 Å². The zero-order valence-corrected chi connectivity index (χ0v) is 44.6. The highest BCUT2D eigenvalue weighted by atomic mass is 16.8. The van der Waals surface area contributed by atoms with Crippen molar-refractivity contribution < 1.29 is 119 Å². The lowest BCUT2D eigenvalue weighted by Gasteiger charge is -2.59. The first kappa shape index (κ1) is 61.1. The Bertz CT molecular complexity index is 2010. The smallest absolute Gasteiger partial charge is 0.302 e. The summed E-state index contributed by atoms with van der Waals surface area (Å²) in [4.78, 5) is 12.4. The summed E-state index contributed by atoms with van der Waals surface area (Å²) in [5, 5.41) is 154. The molecule has 24 heteroatoms. The molecule has 0 amide bonds. The van der Waals surface area contributed by atoms with E-state index in [0.29, 0.717) is 31.1 Å². The lowest BCUT2D eigenvalue weighted by Crippen LogP contribution is -2.68. The van der Waals surface area contributed by atoms with Crippen LogP contribution < -0.4 is 0 Å². The molecule has 0 aromatic heterocycles. The standard InChI is InChI=1S/C53H86O24/c1-21(2)22(3)7-8-24(16-54)28-15-29(58)35-25-9-10-27-36(60)31(12-14-52(27,5)26(25)11-13-53(28,35)6)71-50-44(68)46(45(34(74-50)20-69-23(4)57)75-48-42(66)40(64)38(62)32(17-55)72-48)76-51-47(37(61)30(59)19-70-51)77-49-43(67)41(65)39(63)33(18-56)73-49/h7-8,10,21-22,24-26,28-51,54-56,58-68H,9,11-20H2,1-6H3. The lowest BCUT2D eigenvalue weighted by atomic mass is 9.46. The van der Waals surface area contributed by atoms with Gasteiger partial charge in [0.05, 0.1) is 32.0 Å². The fourth-order valence-corrected chi connectivity index (χ4v) is 14.2. The molecule has 4 aliphatic carbocycles. The number of hydrogen-bond acceptors (Lipinski definition) is 24. The van der Waals surface area contributed by atoms with Gasteiger partial charge in [-0.15, -0.1) is 0 Å². The van der Waals surface area contributed by atoms with Crippen molar-refractivity contribution in [2.24, 2.45) is 52.3 Å². The molecule has 0 spiro atoms. The van der Waals surface area contributed by atoms with E-state index >= 15 is 0 Å². The van der Waals surface area contributed by atoms with Crippen LogP contribution in [0, 0.1) is 52.3 Å². The minimum Gasteiger partial charge on any atom is -0.463 e. The number of aliphatic hydroxyl groups is 14. The van der Waals surface area contributed by atoms with Gasteiger partial charge in [0.25, 0.3) is 0 Å². The van der Waals surface area contributed by atoms with Crippen LogP contribution in [-0.2, 0) is 47.4 Å². The average molecular weight is 1110 g/mol. The highest BCUT2D eigenvalue weighted by molar-refractivity contribution is 5.65. The predicted molar refractivity (Wildman–Crippen MR) is 262 cm³/mol. The Morgan fingerprint density at radius 1 is 0.675 bits per heavy atom. The predicted octanol–water partition coefficient (Wildman–Crippen LogP) is -3.17. The van der Waals surface area contributed by atoms with Gasteiger partial charge in [-0.1, -0.05) is 52.8 Å². The normalized spacial score (nSPS) is 50.1. The minimum absolute atomic E-state index is 0.0186. The molecule has 14 N–H and O–H groups in total. The Morgan fingerprint density at radius 2 is 1.26 bits per heavy atom. The highest BCUT2D eigenvalue weighted by Gasteiger charge is 2.64. The van der Waals surface area contributed by atoms with Crippen molar-refractivity contribution in [3.8, 4) is 0 Å². The van der Waals surface area contributed by atoms with E-state index in [2.05, 4.69) is 46.8 Å². The van der Waals surface area contributed by atoms with Gasteiger partial charge in [-0.05, 0) is 90.4 Å². The maximum absolute atomic E-state index is 12.5. The van der Waals surface area contributed by atoms with Gasteiger partial charge in [0.15, 0.2) is 25.2 Å². The van der Waals surface area contributed by atoms with Crippen molar-refractivity contribution >= 4 is 5.97 Å². The SMILES string of the molecule is CC(=O)OCC1OC(OC2CCC3(C)C(=CCC4C3CCC3(C)C(C(C=CC(C)C(C)C)CO)CC(O)C43)C2O)C(O)C(OC2OCC(O)C(O)C2OC2OC(CO)C(O)C(O)C2O)C1OC1OC(CO)C(O)C(O)C1O. The molecule has 4 saturated heterocycles. The number of ether oxygens (including phenoxy) is 9. The van der Waals surface area contributed by atoms with E-state index in [-0.39, 0.29) is 48.0 Å². The second-order valence-electron chi connectivity index (χ2n) is 23.8. The molecule has 4 aliphatic heterocycles. The van der Waals surface area contributed by atoms with Crippen molar-refractivity contribution in [2.75, 3.05) is 33.0 Å². The fraction of sp³-hybridized carbons (Fsp3) is 0.906. The molecule has 3 saturated carbocycles. The summed E-state index contributed by atoms with van der Waals surface area (Å²) in [6.07, 6.45) is -27.3. The third-order valence-electron chi connectivity index (χ3n) is 19.0. The maximum atomic E-state index is 12.5. The van der Waals surface area contributed by atoms with Crippen LogP contribution in [0.4, 0.5) is 0 Å². The summed E-state index contributed by atoms with van der Waals surface area (Å²) in [7, 11) is 0. The molecule has 30 atom stereocenters. The zero-order chi connectivity index (χ0) is 56.2. The Morgan fingerprint density at radius 3 is 1.84 bits per heavy atom. The number of esters is 1. The molecular weight excluding hydrogens is 1020 g/mol. The van der Waals surface area contributed by atoms with Crippen molar-refractivity contribution in [2.45, 2.75) is 215 Å². The topological polar surface area (TPSA) is 383 Å². The molecule has 0 aromatic carbocycles. The van der Waals surface area contributed by atoms with Crippen LogP contribution in [0.2, 0.25) is 0 Å². The Hall–Kier alpha value is -1.93. The van der Waals surface area contributed by atoms with Gasteiger partial charge in [0, 0.05) is 19.4 Å². The molecule has 0 aromatic rings. The maximum Gasteiger partial charge on any atom is 0.302 e. The molecule has 7 fully saturated rings. The van der Waals surface area contributed by atoms with E-state index in [0.717, 1.165) is 25.3 Å². The van der Waals surface area contributed by atoms with Crippen molar-refractivity contribution in [1.29, 1.82) is 0 Å². The van der Waals surface area contributed by atoms with Crippen LogP contribution in [-0.4, -0.2) is 246 Å². The highest BCUT2D eigenvalue weighted by Crippen LogP contribution is 2.67. The second kappa shape index (κ2) is 24.9. The quantitative estimate of drug-likeness (QED) is 0.0505. The van der Waals surface area contributed by atoms with Crippen LogP contribution in [0.3, 0.4) is 0 Å². The van der Waals surface area contributed by atoms with Gasteiger partial charge in [-0.25, -0.2) is 0 Å². The van der Waals surface area contributed by atoms with Crippen molar-refractivity contribution in [1.82, 2.24) is 0 Å². The number of hydrogen-bond donors (Lipinski definition) is 14. The van der Waals surface area contributed by atoms with Crippen LogP contribution in [0.25, 0.3) is 0 Å². The summed E-state index contributed by atoms with van der Waals surface area (Å²) in [5.41, 5.74) is -0.0346. The lowest BCUT2D eigenvalue weighted by molar-refractivity contribution is -0.397. The van der Waals surface area contributed by atoms with Gasteiger partial charge >= 0.3 is 5.97 Å².